The van der Waals surface area contributed by atoms with Crippen LogP contribution in [0.1, 0.15) is 18.5 Å². The molecule has 1 aliphatic heterocycles. The van der Waals surface area contributed by atoms with E-state index in [0.717, 1.165) is 5.56 Å². The van der Waals surface area contributed by atoms with Crippen LogP contribution < -0.4 is 4.72 Å². The molecule has 4 heteroatoms. The van der Waals surface area contributed by atoms with Crippen molar-refractivity contribution in [2.24, 2.45) is 0 Å². The van der Waals surface area contributed by atoms with E-state index >= 15 is 0 Å². The van der Waals surface area contributed by atoms with Gasteiger partial charge in [0.15, 0.2) is 0 Å². The second kappa shape index (κ2) is 4.23. The quantitative estimate of drug-likeness (QED) is 0.855. The van der Waals surface area contributed by atoms with Gasteiger partial charge < -0.3 is 0 Å². The minimum atomic E-state index is -3.54. The SMILES string of the molecule is [2H]C1c2ccccc2S(=O)(=O)NC1c1ccccc1. The van der Waals surface area contributed by atoms with Gasteiger partial charge in [-0.1, -0.05) is 48.5 Å². The summed E-state index contributed by atoms with van der Waals surface area (Å²) in [6, 6.07) is 15.4. The average molecular weight is 260 g/mol. The molecule has 0 bridgehead atoms. The number of benzene rings is 2. The summed E-state index contributed by atoms with van der Waals surface area (Å²) >= 11 is 0. The third-order valence-electron chi connectivity index (χ3n) is 3.00. The van der Waals surface area contributed by atoms with Gasteiger partial charge in [0.05, 0.1) is 10.9 Å². The van der Waals surface area contributed by atoms with E-state index in [0.29, 0.717) is 5.56 Å². The Bertz CT molecular complexity index is 700. The Morgan fingerprint density at radius 2 is 1.72 bits per heavy atom. The van der Waals surface area contributed by atoms with Crippen LogP contribution in [0.5, 0.6) is 0 Å². The Balaban J connectivity index is 2.14. The highest BCUT2D eigenvalue weighted by molar-refractivity contribution is 7.89. The molecule has 0 saturated heterocycles. The molecule has 0 aliphatic carbocycles. The lowest BCUT2D eigenvalue weighted by Crippen LogP contribution is -2.35. The number of fused-ring (bicyclic) bond motifs is 1. The third-order valence-corrected chi connectivity index (χ3v) is 4.51. The van der Waals surface area contributed by atoms with Gasteiger partial charge in [0.25, 0.3) is 0 Å². The van der Waals surface area contributed by atoms with Crippen LogP contribution in [-0.4, -0.2) is 8.42 Å². The first-order valence-corrected chi connectivity index (χ1v) is 7.16. The van der Waals surface area contributed by atoms with Crippen LogP contribution in [0, 0.1) is 0 Å². The fourth-order valence-corrected chi connectivity index (χ4v) is 3.50. The summed E-state index contributed by atoms with van der Waals surface area (Å²) < 4.78 is 35.3. The molecule has 0 aromatic heterocycles. The van der Waals surface area contributed by atoms with E-state index in [1.807, 2.05) is 30.3 Å². The highest BCUT2D eigenvalue weighted by Crippen LogP contribution is 2.29. The van der Waals surface area contributed by atoms with Crippen molar-refractivity contribution in [2.75, 3.05) is 0 Å². The molecule has 0 spiro atoms. The fraction of sp³-hybridized carbons (Fsp3) is 0.143. The number of nitrogens with one attached hydrogen (secondary N) is 1. The predicted octanol–water partition coefficient (Wildman–Crippen LogP) is 2.26. The molecule has 2 aromatic carbocycles. The summed E-state index contributed by atoms with van der Waals surface area (Å²) in [5.74, 6) is 0. The van der Waals surface area contributed by atoms with Gasteiger partial charge in [-0.05, 0) is 23.6 Å². The van der Waals surface area contributed by atoms with Crippen LogP contribution in [0.4, 0.5) is 0 Å². The molecule has 2 atom stereocenters. The zero-order chi connectivity index (χ0) is 13.5. The predicted molar refractivity (Wildman–Crippen MR) is 69.7 cm³/mol. The molecule has 1 N–H and O–H groups in total. The largest absolute Gasteiger partial charge is 0.241 e. The molecule has 18 heavy (non-hydrogen) atoms. The van der Waals surface area contributed by atoms with Crippen LogP contribution in [0.2, 0.25) is 0 Å². The summed E-state index contributed by atoms with van der Waals surface area (Å²) in [6.45, 7) is 0. The smallest absolute Gasteiger partial charge is 0.207 e. The first kappa shape index (κ1) is 10.3. The summed E-state index contributed by atoms with van der Waals surface area (Å²) in [4.78, 5) is 0.210. The van der Waals surface area contributed by atoms with Crippen LogP contribution in [0.15, 0.2) is 59.5 Å². The van der Waals surface area contributed by atoms with E-state index in [1.54, 1.807) is 24.3 Å². The molecule has 0 fully saturated rings. The van der Waals surface area contributed by atoms with Gasteiger partial charge in [-0.15, -0.1) is 0 Å². The average Bonchev–Trinajstić information content (AvgIpc) is 2.44. The molecule has 0 saturated carbocycles. The molecule has 2 aromatic rings. The lowest BCUT2D eigenvalue weighted by Gasteiger charge is -2.26. The highest BCUT2D eigenvalue weighted by atomic mass is 32.2. The molecule has 3 nitrogen and oxygen atoms in total. The number of hydrogen-bond acceptors (Lipinski definition) is 2. The van der Waals surface area contributed by atoms with Crippen molar-refractivity contribution in [3.63, 3.8) is 0 Å². The first-order chi connectivity index (χ1) is 9.09. The minimum Gasteiger partial charge on any atom is -0.207 e. The molecular weight excluding hydrogens is 246 g/mol. The normalized spacial score (nSPS) is 26.1. The molecule has 1 heterocycles. The Morgan fingerprint density at radius 3 is 2.50 bits per heavy atom. The van der Waals surface area contributed by atoms with Gasteiger partial charge in [-0.2, -0.15) is 0 Å². The van der Waals surface area contributed by atoms with Gasteiger partial charge >= 0.3 is 0 Å². The van der Waals surface area contributed by atoms with Gasteiger partial charge in [-0.25, -0.2) is 13.1 Å². The molecule has 1 aliphatic rings. The summed E-state index contributed by atoms with van der Waals surface area (Å²) in [5, 5.41) is 0. The summed E-state index contributed by atoms with van der Waals surface area (Å²) in [6.07, 6.45) is -0.637. The van der Waals surface area contributed by atoms with Crippen molar-refractivity contribution in [1.29, 1.82) is 0 Å². The van der Waals surface area contributed by atoms with E-state index in [9.17, 15) is 8.42 Å². The molecule has 0 radical (unpaired) electrons. The Labute approximate surface area is 108 Å². The molecule has 3 rings (SSSR count). The zero-order valence-electron chi connectivity index (χ0n) is 10.6. The van der Waals surface area contributed by atoms with Gasteiger partial charge in [-0.3, -0.25) is 0 Å². The first-order valence-electron chi connectivity index (χ1n) is 6.26. The Morgan fingerprint density at radius 1 is 1.06 bits per heavy atom. The van der Waals surface area contributed by atoms with E-state index in [1.165, 1.54) is 0 Å². The van der Waals surface area contributed by atoms with Crippen molar-refractivity contribution >= 4 is 10.0 Å². The van der Waals surface area contributed by atoms with E-state index in [2.05, 4.69) is 4.72 Å². The zero-order valence-corrected chi connectivity index (χ0v) is 10.4. The number of rotatable bonds is 1. The summed E-state index contributed by atoms with van der Waals surface area (Å²) in [5.41, 5.74) is 1.36. The monoisotopic (exact) mass is 260 g/mol. The standard InChI is InChI=1S/C14H13NO2S/c16-18(17)14-9-5-4-8-12(14)10-13(15-18)11-6-2-1-3-7-11/h1-9,13,15H,10H2/i10D. The van der Waals surface area contributed by atoms with Gasteiger partial charge in [0.1, 0.15) is 0 Å². The van der Waals surface area contributed by atoms with E-state index < -0.39 is 22.5 Å². The number of sulfonamides is 1. The Hall–Kier alpha value is -1.65. The van der Waals surface area contributed by atoms with Crippen LogP contribution in [0.25, 0.3) is 0 Å². The molecule has 0 amide bonds. The third kappa shape index (κ3) is 1.94. The molecule has 2 unspecified atom stereocenters. The maximum Gasteiger partial charge on any atom is 0.241 e. The Kier molecular flexibility index (Phi) is 2.42. The van der Waals surface area contributed by atoms with Crippen molar-refractivity contribution in [2.45, 2.75) is 17.3 Å². The van der Waals surface area contributed by atoms with Crippen molar-refractivity contribution in [3.05, 3.63) is 65.7 Å². The highest BCUT2D eigenvalue weighted by Gasteiger charge is 2.29. The lowest BCUT2D eigenvalue weighted by molar-refractivity contribution is 0.537. The fourth-order valence-electron chi connectivity index (χ4n) is 2.13. The lowest BCUT2D eigenvalue weighted by atomic mass is 9.99. The van der Waals surface area contributed by atoms with Crippen molar-refractivity contribution < 1.29 is 9.79 Å². The molecule has 92 valence electrons. The van der Waals surface area contributed by atoms with Crippen LogP contribution >= 0.6 is 0 Å². The van der Waals surface area contributed by atoms with Crippen molar-refractivity contribution in [3.8, 4) is 0 Å². The second-order valence-electron chi connectivity index (χ2n) is 4.21. The van der Waals surface area contributed by atoms with Crippen LogP contribution in [-0.2, 0) is 16.4 Å². The van der Waals surface area contributed by atoms with E-state index in [4.69, 9.17) is 1.37 Å². The maximum absolute atomic E-state index is 12.2. The second-order valence-corrected chi connectivity index (χ2v) is 5.90. The van der Waals surface area contributed by atoms with Gasteiger partial charge in [0, 0.05) is 1.37 Å². The number of hydrogen-bond donors (Lipinski definition) is 1. The summed E-state index contributed by atoms with van der Waals surface area (Å²) in [7, 11) is -3.54. The maximum atomic E-state index is 12.2. The minimum absolute atomic E-state index is 0.210. The van der Waals surface area contributed by atoms with E-state index in [-0.39, 0.29) is 4.90 Å². The van der Waals surface area contributed by atoms with Gasteiger partial charge in [0.2, 0.25) is 10.0 Å². The topological polar surface area (TPSA) is 46.2 Å². The van der Waals surface area contributed by atoms with Crippen LogP contribution in [0.3, 0.4) is 0 Å². The molecular formula is C14H13NO2S. The van der Waals surface area contributed by atoms with Crippen molar-refractivity contribution in [1.82, 2.24) is 4.72 Å².